The van der Waals surface area contributed by atoms with Crippen LogP contribution >= 0.6 is 11.3 Å². The zero-order valence-electron chi connectivity index (χ0n) is 13.7. The van der Waals surface area contributed by atoms with E-state index in [4.69, 9.17) is 4.74 Å². The van der Waals surface area contributed by atoms with Crippen LogP contribution in [-0.2, 0) is 16.1 Å². The Kier molecular flexibility index (Phi) is 4.56. The van der Waals surface area contributed by atoms with Gasteiger partial charge in [0.2, 0.25) is 5.91 Å². The number of nitrogens with one attached hydrogen (secondary N) is 1. The minimum absolute atomic E-state index is 0.123. The SMILES string of the molecule is COC(=O)c1sc2ncn(CC(=O)NC(C)(C)C)c(=O)c2c1C. The van der Waals surface area contributed by atoms with Gasteiger partial charge in [-0.25, -0.2) is 9.78 Å². The van der Waals surface area contributed by atoms with E-state index in [0.717, 1.165) is 11.3 Å². The van der Waals surface area contributed by atoms with Gasteiger partial charge in [0.05, 0.1) is 18.8 Å². The van der Waals surface area contributed by atoms with Crippen molar-refractivity contribution < 1.29 is 14.3 Å². The van der Waals surface area contributed by atoms with Crippen LogP contribution in [0.2, 0.25) is 0 Å². The molecule has 0 aliphatic heterocycles. The van der Waals surface area contributed by atoms with Crippen molar-refractivity contribution in [1.82, 2.24) is 14.9 Å². The Bertz CT molecular complexity index is 830. The molecule has 2 aromatic rings. The van der Waals surface area contributed by atoms with Crippen LogP contribution in [0.3, 0.4) is 0 Å². The third-order valence-corrected chi connectivity index (χ3v) is 4.30. The molecule has 0 radical (unpaired) electrons. The maximum absolute atomic E-state index is 12.6. The molecular formula is C15H19N3O4S. The molecule has 1 amide bonds. The molecular weight excluding hydrogens is 318 g/mol. The first-order chi connectivity index (χ1) is 10.6. The number of carbonyl (C=O) groups excluding carboxylic acids is 2. The van der Waals surface area contributed by atoms with Crippen LogP contribution in [0.1, 0.15) is 36.0 Å². The average molecular weight is 337 g/mol. The lowest BCUT2D eigenvalue weighted by atomic mass is 10.1. The molecule has 2 rings (SSSR count). The number of rotatable bonds is 3. The van der Waals surface area contributed by atoms with Crippen molar-refractivity contribution in [3.63, 3.8) is 0 Å². The predicted octanol–water partition coefficient (Wildman–Crippen LogP) is 1.47. The number of thiophene rings is 1. The second-order valence-electron chi connectivity index (χ2n) is 6.20. The monoisotopic (exact) mass is 337 g/mol. The summed E-state index contributed by atoms with van der Waals surface area (Å²) in [6.07, 6.45) is 1.32. The summed E-state index contributed by atoms with van der Waals surface area (Å²) in [7, 11) is 1.29. The first-order valence-corrected chi connectivity index (χ1v) is 7.83. The van der Waals surface area contributed by atoms with Crippen LogP contribution in [-0.4, -0.2) is 34.1 Å². The highest BCUT2D eigenvalue weighted by atomic mass is 32.1. The van der Waals surface area contributed by atoms with E-state index in [0.29, 0.717) is 20.7 Å². The number of aryl methyl sites for hydroxylation is 1. The van der Waals surface area contributed by atoms with Crippen LogP contribution in [0.25, 0.3) is 10.2 Å². The standard InChI is InChI=1S/C15H19N3O4S/c1-8-10-12(23-11(8)14(21)22-5)16-7-18(13(10)20)6-9(19)17-15(2,3)4/h7H,6H2,1-5H3,(H,17,19). The van der Waals surface area contributed by atoms with Gasteiger partial charge in [-0.05, 0) is 33.3 Å². The van der Waals surface area contributed by atoms with Gasteiger partial charge in [-0.15, -0.1) is 11.3 Å². The smallest absolute Gasteiger partial charge is 0.348 e. The summed E-state index contributed by atoms with van der Waals surface area (Å²) < 4.78 is 5.95. The number of aromatic nitrogens is 2. The molecule has 0 aromatic carbocycles. The second kappa shape index (κ2) is 6.11. The maximum atomic E-state index is 12.6. The fourth-order valence-corrected chi connectivity index (χ4v) is 3.23. The highest BCUT2D eigenvalue weighted by molar-refractivity contribution is 7.20. The Morgan fingerprint density at radius 2 is 2.04 bits per heavy atom. The van der Waals surface area contributed by atoms with E-state index in [1.807, 2.05) is 20.8 Å². The van der Waals surface area contributed by atoms with E-state index >= 15 is 0 Å². The average Bonchev–Trinajstić information content (AvgIpc) is 2.77. The zero-order chi connectivity index (χ0) is 17.4. The fourth-order valence-electron chi connectivity index (χ4n) is 2.17. The summed E-state index contributed by atoms with van der Waals surface area (Å²) in [6.45, 7) is 7.14. The van der Waals surface area contributed by atoms with Crippen molar-refractivity contribution in [2.45, 2.75) is 39.8 Å². The number of methoxy groups -OCH3 is 1. The van der Waals surface area contributed by atoms with Gasteiger partial charge in [0.25, 0.3) is 5.56 Å². The Hall–Kier alpha value is -2.22. The van der Waals surface area contributed by atoms with E-state index in [2.05, 4.69) is 10.3 Å². The van der Waals surface area contributed by atoms with Gasteiger partial charge >= 0.3 is 5.97 Å². The normalized spacial score (nSPS) is 11.5. The number of fused-ring (bicyclic) bond motifs is 1. The summed E-state index contributed by atoms with van der Waals surface area (Å²) in [5.41, 5.74) is -0.197. The van der Waals surface area contributed by atoms with E-state index in [1.54, 1.807) is 6.92 Å². The molecule has 8 heteroatoms. The number of esters is 1. The number of nitrogens with zero attached hydrogens (tertiary/aromatic N) is 2. The maximum Gasteiger partial charge on any atom is 0.348 e. The molecule has 0 aliphatic rings. The van der Waals surface area contributed by atoms with E-state index < -0.39 is 5.97 Å². The number of hydrogen-bond acceptors (Lipinski definition) is 6. The topological polar surface area (TPSA) is 90.3 Å². The Morgan fingerprint density at radius 3 is 2.61 bits per heavy atom. The van der Waals surface area contributed by atoms with E-state index in [-0.39, 0.29) is 23.6 Å². The first-order valence-electron chi connectivity index (χ1n) is 7.02. The molecule has 23 heavy (non-hydrogen) atoms. The number of amides is 1. The quantitative estimate of drug-likeness (QED) is 0.857. The van der Waals surface area contributed by atoms with Crippen LogP contribution in [0, 0.1) is 6.92 Å². The molecule has 7 nitrogen and oxygen atoms in total. The molecule has 0 spiro atoms. The predicted molar refractivity (Wildman–Crippen MR) is 87.9 cm³/mol. The lowest BCUT2D eigenvalue weighted by Crippen LogP contribution is -2.43. The zero-order valence-corrected chi connectivity index (χ0v) is 14.5. The van der Waals surface area contributed by atoms with Crippen LogP contribution in [0.15, 0.2) is 11.1 Å². The van der Waals surface area contributed by atoms with Gasteiger partial charge < -0.3 is 10.1 Å². The minimum atomic E-state index is -0.498. The number of carbonyl (C=O) groups is 2. The summed E-state index contributed by atoms with van der Waals surface area (Å²) >= 11 is 1.11. The van der Waals surface area contributed by atoms with Gasteiger partial charge in [-0.3, -0.25) is 14.2 Å². The third kappa shape index (κ3) is 3.58. The van der Waals surface area contributed by atoms with Crippen molar-refractivity contribution >= 4 is 33.4 Å². The highest BCUT2D eigenvalue weighted by Crippen LogP contribution is 2.27. The number of ether oxygens (including phenoxy) is 1. The molecule has 0 unspecified atom stereocenters. The molecule has 0 bridgehead atoms. The lowest BCUT2D eigenvalue weighted by Gasteiger charge is -2.20. The summed E-state index contributed by atoms with van der Waals surface area (Å²) in [5.74, 6) is -0.774. The summed E-state index contributed by atoms with van der Waals surface area (Å²) in [4.78, 5) is 41.3. The van der Waals surface area contributed by atoms with Gasteiger partial charge in [-0.2, -0.15) is 0 Å². The van der Waals surface area contributed by atoms with Crippen molar-refractivity contribution in [2.24, 2.45) is 0 Å². The van der Waals surface area contributed by atoms with Crippen LogP contribution in [0.5, 0.6) is 0 Å². The molecule has 1 N–H and O–H groups in total. The van der Waals surface area contributed by atoms with Crippen LogP contribution < -0.4 is 10.9 Å². The molecule has 2 heterocycles. The summed E-state index contributed by atoms with van der Waals surface area (Å²) in [6, 6.07) is 0. The van der Waals surface area contributed by atoms with Gasteiger partial charge in [0.15, 0.2) is 0 Å². The molecule has 0 fully saturated rings. The molecule has 0 saturated heterocycles. The Morgan fingerprint density at radius 1 is 1.39 bits per heavy atom. The van der Waals surface area contributed by atoms with Gasteiger partial charge in [0, 0.05) is 5.54 Å². The third-order valence-electron chi connectivity index (χ3n) is 3.12. The highest BCUT2D eigenvalue weighted by Gasteiger charge is 2.21. The Labute approximate surface area is 137 Å². The number of hydrogen-bond donors (Lipinski definition) is 1. The largest absolute Gasteiger partial charge is 0.465 e. The molecule has 0 aliphatic carbocycles. The first kappa shape index (κ1) is 17.1. The Balaban J connectivity index is 2.43. The van der Waals surface area contributed by atoms with Crippen molar-refractivity contribution in [3.05, 3.63) is 27.1 Å². The van der Waals surface area contributed by atoms with Crippen molar-refractivity contribution in [3.8, 4) is 0 Å². The molecule has 2 aromatic heterocycles. The minimum Gasteiger partial charge on any atom is -0.465 e. The van der Waals surface area contributed by atoms with E-state index in [1.165, 1.54) is 18.0 Å². The fraction of sp³-hybridized carbons (Fsp3) is 0.467. The molecule has 124 valence electrons. The van der Waals surface area contributed by atoms with Gasteiger partial charge in [-0.1, -0.05) is 0 Å². The molecule has 0 saturated carbocycles. The van der Waals surface area contributed by atoms with E-state index in [9.17, 15) is 14.4 Å². The van der Waals surface area contributed by atoms with Crippen molar-refractivity contribution in [1.29, 1.82) is 0 Å². The van der Waals surface area contributed by atoms with Crippen LogP contribution in [0.4, 0.5) is 0 Å². The summed E-state index contributed by atoms with van der Waals surface area (Å²) in [5, 5.41) is 3.14. The molecule has 0 atom stereocenters. The second-order valence-corrected chi connectivity index (χ2v) is 7.20. The van der Waals surface area contributed by atoms with Crippen molar-refractivity contribution in [2.75, 3.05) is 7.11 Å². The lowest BCUT2D eigenvalue weighted by molar-refractivity contribution is -0.123. The van der Waals surface area contributed by atoms with Gasteiger partial charge in [0.1, 0.15) is 16.3 Å².